The first-order valence-electron chi connectivity index (χ1n) is 10.3. The molecule has 0 aliphatic heterocycles. The number of urea groups is 1. The Bertz CT molecular complexity index is 1450. The number of carbonyl (C=O) groups excluding carboxylic acids is 1. The number of hydrogen-bond acceptors (Lipinski definition) is 5. The molecule has 5 aromatic rings. The summed E-state index contributed by atoms with van der Waals surface area (Å²) in [6.45, 7) is 0.542. The number of anilines is 2. The highest BCUT2D eigenvalue weighted by molar-refractivity contribution is 5.90. The Morgan fingerprint density at radius 1 is 1.06 bits per heavy atom. The number of fused-ring (bicyclic) bond motifs is 3. The van der Waals surface area contributed by atoms with Gasteiger partial charge in [-0.25, -0.2) is 19.2 Å². The molecule has 5 rings (SSSR count). The third-order valence-corrected chi connectivity index (χ3v) is 5.26. The van der Waals surface area contributed by atoms with Crippen molar-refractivity contribution in [1.29, 1.82) is 0 Å². The number of benzene rings is 2. The Hall–Kier alpha value is -4.53. The van der Waals surface area contributed by atoms with E-state index < -0.39 is 0 Å². The number of nitrogens with zero attached hydrogens (tertiary/aromatic N) is 4. The molecule has 8 nitrogen and oxygen atoms in total. The van der Waals surface area contributed by atoms with Crippen LogP contribution in [0, 0.1) is 5.82 Å². The monoisotopic (exact) mass is 441 g/mol. The van der Waals surface area contributed by atoms with Crippen LogP contribution >= 0.6 is 0 Å². The molecule has 0 atom stereocenters. The summed E-state index contributed by atoms with van der Waals surface area (Å²) < 4.78 is 16.0. The number of amides is 2. The zero-order valence-electron chi connectivity index (χ0n) is 17.7. The van der Waals surface area contributed by atoms with E-state index in [1.165, 1.54) is 12.1 Å². The van der Waals surface area contributed by atoms with Crippen LogP contribution in [0.25, 0.3) is 27.9 Å². The van der Waals surface area contributed by atoms with E-state index >= 15 is 0 Å². The average molecular weight is 441 g/mol. The molecular weight excluding hydrogens is 421 g/mol. The van der Waals surface area contributed by atoms with Gasteiger partial charge in [-0.2, -0.15) is 0 Å². The molecular formula is C24H20FN7O. The number of nitrogens with one attached hydrogen (secondary N) is 3. The summed E-state index contributed by atoms with van der Waals surface area (Å²) in [4.78, 5) is 24.9. The van der Waals surface area contributed by atoms with Crippen molar-refractivity contribution in [2.75, 3.05) is 17.7 Å². The Morgan fingerprint density at radius 2 is 1.85 bits per heavy atom. The van der Waals surface area contributed by atoms with E-state index in [1.807, 2.05) is 28.7 Å². The van der Waals surface area contributed by atoms with Crippen LogP contribution in [0.15, 0.2) is 73.2 Å². The largest absolute Gasteiger partial charge is 0.363 e. The maximum absolute atomic E-state index is 14.2. The Morgan fingerprint density at radius 3 is 2.61 bits per heavy atom. The van der Waals surface area contributed by atoms with Crippen molar-refractivity contribution in [3.8, 4) is 11.3 Å². The summed E-state index contributed by atoms with van der Waals surface area (Å²) in [5.74, 6) is 0.239. The maximum Gasteiger partial charge on any atom is 0.318 e. The molecule has 0 radical (unpaired) electrons. The van der Waals surface area contributed by atoms with Crippen LogP contribution in [0.5, 0.6) is 0 Å². The first-order chi connectivity index (χ1) is 16.1. The molecule has 0 unspecified atom stereocenters. The number of imidazole rings is 1. The third kappa shape index (κ3) is 4.03. The fraction of sp³-hybridized carbons (Fsp3) is 0.0833. The average Bonchev–Trinajstić information content (AvgIpc) is 3.29. The second kappa shape index (κ2) is 8.54. The van der Waals surface area contributed by atoms with Gasteiger partial charge in [0, 0.05) is 43.3 Å². The van der Waals surface area contributed by atoms with Crippen molar-refractivity contribution >= 4 is 34.2 Å². The summed E-state index contributed by atoms with van der Waals surface area (Å²) in [7, 11) is 1.56. The first kappa shape index (κ1) is 20.4. The van der Waals surface area contributed by atoms with Crippen molar-refractivity contribution in [2.24, 2.45) is 0 Å². The van der Waals surface area contributed by atoms with Crippen LogP contribution in [0.4, 0.5) is 20.7 Å². The fourth-order valence-electron chi connectivity index (χ4n) is 3.63. The van der Waals surface area contributed by atoms with Gasteiger partial charge in [0.05, 0.1) is 22.9 Å². The lowest BCUT2D eigenvalue weighted by Gasteiger charge is -2.12. The molecule has 3 aromatic heterocycles. The van der Waals surface area contributed by atoms with Gasteiger partial charge in [0.2, 0.25) is 0 Å². The van der Waals surface area contributed by atoms with E-state index in [2.05, 4.69) is 25.9 Å². The molecule has 2 aromatic carbocycles. The molecule has 0 saturated carbocycles. The van der Waals surface area contributed by atoms with Crippen LogP contribution in [0.1, 0.15) is 5.56 Å². The van der Waals surface area contributed by atoms with E-state index in [0.29, 0.717) is 34.7 Å². The molecule has 0 aliphatic rings. The summed E-state index contributed by atoms with van der Waals surface area (Å²) in [6.07, 6.45) is 5.21. The highest BCUT2D eigenvalue weighted by Crippen LogP contribution is 2.29. The summed E-state index contributed by atoms with van der Waals surface area (Å²) in [5, 5.41) is 8.59. The number of hydrogen-bond donors (Lipinski definition) is 3. The lowest BCUT2D eigenvalue weighted by atomic mass is 10.1. The van der Waals surface area contributed by atoms with Gasteiger partial charge in [-0.1, -0.05) is 12.1 Å². The third-order valence-electron chi connectivity index (χ3n) is 5.26. The van der Waals surface area contributed by atoms with Crippen LogP contribution in [-0.2, 0) is 6.54 Å². The molecule has 33 heavy (non-hydrogen) atoms. The Kier molecular flexibility index (Phi) is 5.27. The molecule has 0 fully saturated rings. The van der Waals surface area contributed by atoms with Crippen LogP contribution in [0.3, 0.4) is 0 Å². The SMILES string of the molecule is CNC(=O)Nc1ccc(-c2cnc3c(NCc4ccncc4)nc4ccc(F)cc4n23)cc1. The topological polar surface area (TPSA) is 96.2 Å². The van der Waals surface area contributed by atoms with Gasteiger partial charge < -0.3 is 16.0 Å². The second-order valence-electron chi connectivity index (χ2n) is 7.39. The van der Waals surface area contributed by atoms with Gasteiger partial charge >= 0.3 is 6.03 Å². The molecule has 3 N–H and O–H groups in total. The first-order valence-corrected chi connectivity index (χ1v) is 10.3. The van der Waals surface area contributed by atoms with E-state index in [4.69, 9.17) is 4.98 Å². The minimum absolute atomic E-state index is 0.296. The minimum Gasteiger partial charge on any atom is -0.363 e. The van der Waals surface area contributed by atoms with Crippen molar-refractivity contribution in [2.45, 2.75) is 6.54 Å². The lowest BCUT2D eigenvalue weighted by Crippen LogP contribution is -2.24. The molecule has 2 amide bonds. The Labute approximate surface area is 188 Å². The summed E-state index contributed by atoms with van der Waals surface area (Å²) >= 11 is 0. The molecule has 0 saturated heterocycles. The van der Waals surface area contributed by atoms with Crippen molar-refractivity contribution in [3.05, 3.63) is 84.6 Å². The summed E-state index contributed by atoms with van der Waals surface area (Å²) in [5.41, 5.74) is 5.19. The van der Waals surface area contributed by atoms with Crippen LogP contribution < -0.4 is 16.0 Å². The van der Waals surface area contributed by atoms with E-state index in [1.54, 1.807) is 43.8 Å². The van der Waals surface area contributed by atoms with Crippen LogP contribution in [-0.4, -0.2) is 32.4 Å². The van der Waals surface area contributed by atoms with Gasteiger partial charge in [-0.05, 0) is 42.0 Å². The van der Waals surface area contributed by atoms with Gasteiger partial charge in [0.1, 0.15) is 5.82 Å². The standard InChI is InChI=1S/C24H20FN7O/c1-26-24(33)30-18-5-2-16(3-6-18)21-14-29-23-22(28-13-15-8-10-27-11-9-15)31-19-7-4-17(25)12-20(19)32(21)23/h2-12,14H,13H2,1H3,(H,28,31)(H2,26,30,33). The molecule has 0 bridgehead atoms. The fourth-order valence-corrected chi connectivity index (χ4v) is 3.63. The predicted octanol–water partition coefficient (Wildman–Crippen LogP) is 4.45. The number of halogens is 1. The minimum atomic E-state index is -0.354. The number of pyridine rings is 1. The van der Waals surface area contributed by atoms with Crippen molar-refractivity contribution in [3.63, 3.8) is 0 Å². The lowest BCUT2D eigenvalue weighted by molar-refractivity contribution is 0.254. The number of aromatic nitrogens is 4. The van der Waals surface area contributed by atoms with Gasteiger partial charge in [-0.15, -0.1) is 0 Å². The zero-order chi connectivity index (χ0) is 22.8. The van der Waals surface area contributed by atoms with E-state index in [0.717, 1.165) is 16.8 Å². The maximum atomic E-state index is 14.2. The van der Waals surface area contributed by atoms with E-state index in [-0.39, 0.29) is 11.8 Å². The van der Waals surface area contributed by atoms with E-state index in [9.17, 15) is 9.18 Å². The highest BCUT2D eigenvalue weighted by atomic mass is 19.1. The molecule has 3 heterocycles. The van der Waals surface area contributed by atoms with Crippen LogP contribution in [0.2, 0.25) is 0 Å². The molecule has 0 aliphatic carbocycles. The second-order valence-corrected chi connectivity index (χ2v) is 7.39. The van der Waals surface area contributed by atoms with Gasteiger partial charge in [-0.3, -0.25) is 9.38 Å². The van der Waals surface area contributed by atoms with Crippen molar-refractivity contribution in [1.82, 2.24) is 24.7 Å². The smallest absolute Gasteiger partial charge is 0.318 e. The Balaban J connectivity index is 1.60. The molecule has 0 spiro atoms. The normalized spacial score (nSPS) is 11.0. The quantitative estimate of drug-likeness (QED) is 0.375. The predicted molar refractivity (Wildman–Crippen MR) is 126 cm³/mol. The highest BCUT2D eigenvalue weighted by Gasteiger charge is 2.15. The van der Waals surface area contributed by atoms with Gasteiger partial charge in [0.25, 0.3) is 0 Å². The molecule has 9 heteroatoms. The summed E-state index contributed by atoms with van der Waals surface area (Å²) in [6, 6.07) is 15.4. The van der Waals surface area contributed by atoms with Gasteiger partial charge in [0.15, 0.2) is 11.5 Å². The zero-order valence-corrected chi connectivity index (χ0v) is 17.7. The number of rotatable bonds is 5. The number of carbonyl (C=O) groups is 1. The molecule has 164 valence electrons. The van der Waals surface area contributed by atoms with Crippen molar-refractivity contribution < 1.29 is 9.18 Å².